The van der Waals surface area contributed by atoms with E-state index >= 15 is 0 Å². The molecule has 3 aromatic heterocycles. The fourth-order valence-corrected chi connectivity index (χ4v) is 5.15. The van der Waals surface area contributed by atoms with Gasteiger partial charge in [0.25, 0.3) is 5.56 Å². The summed E-state index contributed by atoms with van der Waals surface area (Å²) in [6.07, 6.45) is 1.69. The number of pyridine rings is 1. The quantitative estimate of drug-likeness (QED) is 0.313. The number of aromatic amines is 1. The molecule has 0 atom stereocenters. The maximum Gasteiger partial charge on any atom is 0.331 e. The van der Waals surface area contributed by atoms with Gasteiger partial charge in [-0.3, -0.25) is 13.9 Å². The average molecular weight is 472 g/mol. The van der Waals surface area contributed by atoms with Crippen molar-refractivity contribution in [2.24, 2.45) is 14.1 Å². The molecular weight excluding hydrogens is 450 g/mol. The van der Waals surface area contributed by atoms with Crippen LogP contribution in [0.5, 0.6) is 0 Å². The van der Waals surface area contributed by atoms with E-state index < -0.39 is 21.3 Å². The van der Waals surface area contributed by atoms with Gasteiger partial charge < -0.3 is 4.98 Å². The van der Waals surface area contributed by atoms with Gasteiger partial charge in [-0.15, -0.1) is 11.8 Å². The van der Waals surface area contributed by atoms with Crippen LogP contribution in [0, 0.1) is 0 Å². The lowest BCUT2D eigenvalue weighted by Gasteiger charge is -2.07. The monoisotopic (exact) mass is 471 g/mol. The third-order valence-electron chi connectivity index (χ3n) is 5.01. The Labute approximate surface area is 188 Å². The fourth-order valence-electron chi connectivity index (χ4n) is 3.27. The molecule has 0 fully saturated rings. The summed E-state index contributed by atoms with van der Waals surface area (Å²) in [5.41, 5.74) is 1.27. The summed E-state index contributed by atoms with van der Waals surface area (Å²) in [6, 6.07) is 13.6. The second-order valence-electron chi connectivity index (χ2n) is 7.09. The highest BCUT2D eigenvalue weighted by Gasteiger charge is 2.16. The first kappa shape index (κ1) is 22.1. The Morgan fingerprint density at radius 2 is 1.81 bits per heavy atom. The first-order valence-electron chi connectivity index (χ1n) is 9.70. The molecule has 1 aromatic carbocycles. The Morgan fingerprint density at radius 1 is 1.06 bits per heavy atom. The highest BCUT2D eigenvalue weighted by molar-refractivity contribution is 7.99. The van der Waals surface area contributed by atoms with Crippen molar-refractivity contribution in [2.75, 3.05) is 12.3 Å². The molecule has 3 heterocycles. The second-order valence-corrected chi connectivity index (χ2v) is 9.97. The molecule has 2 N–H and O–H groups in total. The molecule has 0 spiro atoms. The third-order valence-corrected chi connectivity index (χ3v) is 7.43. The van der Waals surface area contributed by atoms with Gasteiger partial charge in [0, 0.05) is 38.3 Å². The Balaban J connectivity index is 1.50. The lowest BCUT2D eigenvalue weighted by molar-refractivity contribution is 0.584. The van der Waals surface area contributed by atoms with Gasteiger partial charge in [-0.1, -0.05) is 18.2 Å². The summed E-state index contributed by atoms with van der Waals surface area (Å²) in [5, 5.41) is 0.835. The molecule has 0 unspecified atom stereocenters. The van der Waals surface area contributed by atoms with Crippen LogP contribution in [0.2, 0.25) is 0 Å². The zero-order chi connectivity index (χ0) is 22.9. The zero-order valence-electron chi connectivity index (χ0n) is 17.4. The third kappa shape index (κ3) is 4.27. The lowest BCUT2D eigenvalue weighted by Crippen LogP contribution is -2.36. The van der Waals surface area contributed by atoms with Crippen LogP contribution in [0.25, 0.3) is 22.3 Å². The van der Waals surface area contributed by atoms with E-state index in [0.29, 0.717) is 28.0 Å². The molecule has 0 aliphatic carbocycles. The molecule has 0 aliphatic heterocycles. The number of fused-ring (bicyclic) bond motifs is 1. The standard InChI is InChI=1S/C21H21N5O4S2/c1-25-17-13-16(24-19(17)20(27)26(2)21(25)28)14-6-8-15(9-7-14)32(29,30)23-11-12-31-18-5-3-4-10-22-18/h3-10,13,23-24H,11-12H2,1-2H3. The predicted molar refractivity (Wildman–Crippen MR) is 124 cm³/mol. The van der Waals surface area contributed by atoms with Gasteiger partial charge in [0.15, 0.2) is 0 Å². The summed E-state index contributed by atoms with van der Waals surface area (Å²) in [5.74, 6) is 0.553. The van der Waals surface area contributed by atoms with Gasteiger partial charge in [-0.25, -0.2) is 22.9 Å². The van der Waals surface area contributed by atoms with Crippen LogP contribution < -0.4 is 16.0 Å². The fraction of sp³-hybridized carbons (Fsp3) is 0.190. The number of aryl methyl sites for hydroxylation is 1. The Bertz CT molecular complexity index is 1490. The van der Waals surface area contributed by atoms with Gasteiger partial charge in [-0.2, -0.15) is 0 Å². The van der Waals surface area contributed by atoms with Crippen molar-refractivity contribution in [3.63, 3.8) is 0 Å². The summed E-state index contributed by atoms with van der Waals surface area (Å²) in [4.78, 5) is 31.9. The summed E-state index contributed by atoms with van der Waals surface area (Å²) >= 11 is 1.47. The Hall–Kier alpha value is -3.15. The van der Waals surface area contributed by atoms with Gasteiger partial charge in [0.1, 0.15) is 5.52 Å². The second kappa shape index (κ2) is 8.77. The zero-order valence-corrected chi connectivity index (χ0v) is 19.0. The predicted octanol–water partition coefficient (Wildman–Crippen LogP) is 1.70. The number of thioether (sulfide) groups is 1. The number of sulfonamides is 1. The number of nitrogens with zero attached hydrogens (tertiary/aromatic N) is 3. The summed E-state index contributed by atoms with van der Waals surface area (Å²) in [7, 11) is -0.640. The molecule has 9 nitrogen and oxygen atoms in total. The molecule has 166 valence electrons. The van der Waals surface area contributed by atoms with Crippen LogP contribution in [0.3, 0.4) is 0 Å². The van der Waals surface area contributed by atoms with Crippen molar-refractivity contribution < 1.29 is 8.42 Å². The topological polar surface area (TPSA) is 119 Å². The molecule has 11 heteroatoms. The highest BCUT2D eigenvalue weighted by Crippen LogP contribution is 2.23. The number of rotatable bonds is 7. The van der Waals surface area contributed by atoms with Gasteiger partial charge in [0.2, 0.25) is 10.0 Å². The SMILES string of the molecule is Cn1c(=O)c2[nH]c(-c3ccc(S(=O)(=O)NCCSc4ccccn4)cc3)cc2n(C)c1=O. The van der Waals surface area contributed by atoms with E-state index in [-0.39, 0.29) is 11.4 Å². The van der Waals surface area contributed by atoms with E-state index in [1.54, 1.807) is 31.4 Å². The maximum atomic E-state index is 12.6. The first-order chi connectivity index (χ1) is 15.3. The van der Waals surface area contributed by atoms with Gasteiger partial charge >= 0.3 is 5.69 Å². The highest BCUT2D eigenvalue weighted by atomic mass is 32.2. The van der Waals surface area contributed by atoms with Crippen LogP contribution in [0.4, 0.5) is 0 Å². The summed E-state index contributed by atoms with van der Waals surface area (Å²) < 4.78 is 30.2. The van der Waals surface area contributed by atoms with Crippen molar-refractivity contribution in [1.82, 2.24) is 23.8 Å². The molecule has 4 rings (SSSR count). The molecule has 0 saturated heterocycles. The van der Waals surface area contributed by atoms with Gasteiger partial charge in [-0.05, 0) is 35.9 Å². The van der Waals surface area contributed by atoms with E-state index in [0.717, 1.165) is 9.59 Å². The molecule has 0 saturated carbocycles. The van der Waals surface area contributed by atoms with Gasteiger partial charge in [0.05, 0.1) is 15.4 Å². The van der Waals surface area contributed by atoms with Crippen LogP contribution in [0.1, 0.15) is 0 Å². The van der Waals surface area contributed by atoms with Crippen LogP contribution >= 0.6 is 11.8 Å². The van der Waals surface area contributed by atoms with E-state index in [4.69, 9.17) is 0 Å². The smallest absolute Gasteiger partial charge is 0.331 e. The molecule has 0 aliphatic rings. The van der Waals surface area contributed by atoms with E-state index in [9.17, 15) is 18.0 Å². The number of benzene rings is 1. The van der Waals surface area contributed by atoms with Crippen LogP contribution in [-0.2, 0) is 24.1 Å². The maximum absolute atomic E-state index is 12.6. The van der Waals surface area contributed by atoms with E-state index in [1.165, 1.54) is 35.5 Å². The number of aromatic nitrogens is 4. The number of hydrogen-bond acceptors (Lipinski definition) is 6. The summed E-state index contributed by atoms with van der Waals surface area (Å²) in [6.45, 7) is 0.269. The molecule has 4 aromatic rings. The number of hydrogen-bond donors (Lipinski definition) is 2. The van der Waals surface area contributed by atoms with Crippen LogP contribution in [0.15, 0.2) is 74.2 Å². The lowest BCUT2D eigenvalue weighted by atomic mass is 10.1. The van der Waals surface area contributed by atoms with E-state index in [1.807, 2.05) is 18.2 Å². The van der Waals surface area contributed by atoms with Crippen molar-refractivity contribution >= 4 is 32.8 Å². The Kier molecular flexibility index (Phi) is 6.04. The van der Waals surface area contributed by atoms with Crippen molar-refractivity contribution in [2.45, 2.75) is 9.92 Å². The molecule has 32 heavy (non-hydrogen) atoms. The largest absolute Gasteiger partial charge is 0.349 e. The average Bonchev–Trinajstić information content (AvgIpc) is 3.26. The van der Waals surface area contributed by atoms with Crippen molar-refractivity contribution in [1.29, 1.82) is 0 Å². The minimum absolute atomic E-state index is 0.142. The number of H-pyrrole nitrogens is 1. The van der Waals surface area contributed by atoms with Crippen molar-refractivity contribution in [3.8, 4) is 11.3 Å². The molecule has 0 radical (unpaired) electrons. The Morgan fingerprint density at radius 3 is 2.50 bits per heavy atom. The molecule has 0 amide bonds. The number of nitrogens with one attached hydrogen (secondary N) is 2. The normalized spacial score (nSPS) is 11.8. The van der Waals surface area contributed by atoms with Crippen LogP contribution in [-0.4, -0.2) is 39.8 Å². The first-order valence-corrected chi connectivity index (χ1v) is 12.2. The molecular formula is C21H21N5O4S2. The molecule has 0 bridgehead atoms. The van der Waals surface area contributed by atoms with Crippen molar-refractivity contribution in [3.05, 3.63) is 75.6 Å². The minimum atomic E-state index is -3.66. The minimum Gasteiger partial charge on any atom is -0.349 e. The van der Waals surface area contributed by atoms with E-state index in [2.05, 4.69) is 14.7 Å².